The van der Waals surface area contributed by atoms with Crippen molar-refractivity contribution in [2.75, 3.05) is 6.54 Å². The van der Waals surface area contributed by atoms with E-state index in [9.17, 15) is 23.3 Å². The van der Waals surface area contributed by atoms with Gasteiger partial charge in [-0.3, -0.25) is 9.59 Å². The van der Waals surface area contributed by atoms with Crippen LogP contribution in [0.4, 0.5) is 0 Å². The minimum Gasteiger partial charge on any atom is -0.336 e. The SMILES string of the molecule is N#CC1(NC(=O)[C@@H]2C[C@@H](S(=O)(=O)c3ccccc3Cl)CN2C(=O)C2(c3ccccc3)CCC2)CC1. The summed E-state index contributed by atoms with van der Waals surface area (Å²) in [6.07, 6.45) is 3.22. The number of amides is 2. The molecule has 1 saturated heterocycles. The molecule has 7 nitrogen and oxygen atoms in total. The summed E-state index contributed by atoms with van der Waals surface area (Å²) in [5, 5.41) is 11.4. The normalized spacial score (nSPS) is 24.2. The van der Waals surface area contributed by atoms with Crippen LogP contribution in [0.1, 0.15) is 44.1 Å². The van der Waals surface area contributed by atoms with Crippen molar-refractivity contribution >= 4 is 33.3 Å². The number of sulfone groups is 1. The zero-order valence-corrected chi connectivity index (χ0v) is 20.7. The summed E-state index contributed by atoms with van der Waals surface area (Å²) in [6.45, 7) is -0.0986. The minimum atomic E-state index is -3.91. The van der Waals surface area contributed by atoms with Crippen LogP contribution in [0.25, 0.3) is 0 Å². The Morgan fingerprint density at radius 3 is 2.26 bits per heavy atom. The Balaban J connectivity index is 1.50. The largest absolute Gasteiger partial charge is 0.336 e. The number of rotatable bonds is 6. The number of nitrogens with zero attached hydrogens (tertiary/aromatic N) is 2. The summed E-state index contributed by atoms with van der Waals surface area (Å²) in [5.41, 5.74) is -0.808. The third kappa shape index (κ3) is 4.01. The molecule has 5 rings (SSSR count). The molecule has 3 fully saturated rings. The summed E-state index contributed by atoms with van der Waals surface area (Å²) < 4.78 is 27.1. The quantitative estimate of drug-likeness (QED) is 0.639. The highest BCUT2D eigenvalue weighted by Crippen LogP contribution is 2.47. The molecule has 2 aromatic carbocycles. The Morgan fingerprint density at radius 1 is 1.03 bits per heavy atom. The first-order valence-electron chi connectivity index (χ1n) is 11.8. The summed E-state index contributed by atoms with van der Waals surface area (Å²) in [6, 6.07) is 16.8. The van der Waals surface area contributed by atoms with E-state index in [0.29, 0.717) is 25.7 Å². The number of likely N-dealkylation sites (tertiary alicyclic amines) is 1. The standard InChI is InChI=1S/C26H26ClN3O4S/c27-20-9-4-5-10-22(20)35(33,34)19-15-21(23(31)29-25(17-28)13-14-25)30(16-19)24(32)26(11-6-12-26)18-7-2-1-3-8-18/h1-5,7-10,19,21H,6,11-16H2,(H,29,31)/t19-,21+/m1/s1. The van der Waals surface area contributed by atoms with Crippen molar-refractivity contribution in [3.8, 4) is 6.07 Å². The zero-order chi connectivity index (χ0) is 24.8. The van der Waals surface area contributed by atoms with Gasteiger partial charge in [0, 0.05) is 6.54 Å². The molecule has 2 amide bonds. The predicted molar refractivity (Wildman–Crippen MR) is 130 cm³/mol. The van der Waals surface area contributed by atoms with Crippen molar-refractivity contribution in [1.29, 1.82) is 5.26 Å². The first-order valence-corrected chi connectivity index (χ1v) is 13.7. The molecule has 2 atom stereocenters. The smallest absolute Gasteiger partial charge is 0.244 e. The lowest BCUT2D eigenvalue weighted by atomic mass is 9.63. The molecule has 0 radical (unpaired) electrons. The molecule has 2 aromatic rings. The Bertz CT molecular complexity index is 1310. The molecule has 1 N–H and O–H groups in total. The zero-order valence-electron chi connectivity index (χ0n) is 19.1. The third-order valence-electron chi connectivity index (χ3n) is 7.68. The minimum absolute atomic E-state index is 0.00257. The van der Waals surface area contributed by atoms with E-state index in [0.717, 1.165) is 12.0 Å². The highest BCUT2D eigenvalue weighted by atomic mass is 35.5. The Hall–Kier alpha value is -2.89. The molecule has 0 aromatic heterocycles. The lowest BCUT2D eigenvalue weighted by molar-refractivity contribution is -0.146. The lowest BCUT2D eigenvalue weighted by Gasteiger charge is -2.44. The van der Waals surface area contributed by atoms with Crippen molar-refractivity contribution in [2.45, 2.75) is 65.7 Å². The predicted octanol–water partition coefficient (Wildman–Crippen LogP) is 3.38. The molecule has 1 heterocycles. The topological polar surface area (TPSA) is 107 Å². The van der Waals surface area contributed by atoms with Gasteiger partial charge in [0.15, 0.2) is 9.84 Å². The van der Waals surface area contributed by atoms with Gasteiger partial charge in [0.2, 0.25) is 11.8 Å². The van der Waals surface area contributed by atoms with Crippen molar-refractivity contribution in [2.24, 2.45) is 0 Å². The maximum Gasteiger partial charge on any atom is 0.244 e. The number of benzene rings is 2. The summed E-state index contributed by atoms with van der Waals surface area (Å²) >= 11 is 6.21. The number of carbonyl (C=O) groups is 2. The highest BCUT2D eigenvalue weighted by molar-refractivity contribution is 7.92. The molecule has 35 heavy (non-hydrogen) atoms. The molecular formula is C26H26ClN3O4S. The van der Waals surface area contributed by atoms with Gasteiger partial charge in [0.1, 0.15) is 11.6 Å². The van der Waals surface area contributed by atoms with Crippen LogP contribution in [0.15, 0.2) is 59.5 Å². The van der Waals surface area contributed by atoms with Gasteiger partial charge in [-0.25, -0.2) is 8.42 Å². The fourth-order valence-corrected chi connectivity index (χ4v) is 7.47. The molecule has 0 spiro atoms. The molecule has 1 aliphatic heterocycles. The molecule has 182 valence electrons. The summed E-state index contributed by atoms with van der Waals surface area (Å²) in [7, 11) is -3.91. The van der Waals surface area contributed by atoms with Crippen LogP contribution in [0, 0.1) is 11.3 Å². The maximum atomic E-state index is 14.1. The van der Waals surface area contributed by atoms with Gasteiger partial charge in [-0.15, -0.1) is 0 Å². The van der Waals surface area contributed by atoms with Crippen molar-refractivity contribution < 1.29 is 18.0 Å². The average molecular weight is 512 g/mol. The van der Waals surface area contributed by atoms with E-state index < -0.39 is 38.0 Å². The van der Waals surface area contributed by atoms with Crippen molar-refractivity contribution in [1.82, 2.24) is 10.2 Å². The monoisotopic (exact) mass is 511 g/mol. The molecular weight excluding hydrogens is 486 g/mol. The third-order valence-corrected chi connectivity index (χ3v) is 10.3. The van der Waals surface area contributed by atoms with E-state index in [1.54, 1.807) is 12.1 Å². The number of hydrogen-bond acceptors (Lipinski definition) is 5. The Morgan fingerprint density at radius 2 is 1.69 bits per heavy atom. The van der Waals surface area contributed by atoms with Gasteiger partial charge >= 0.3 is 0 Å². The second kappa shape index (κ2) is 8.65. The van der Waals surface area contributed by atoms with Crippen LogP contribution in [-0.2, 0) is 24.8 Å². The van der Waals surface area contributed by atoms with Crippen LogP contribution >= 0.6 is 11.6 Å². The van der Waals surface area contributed by atoms with E-state index in [4.69, 9.17) is 11.6 Å². The van der Waals surface area contributed by atoms with E-state index in [2.05, 4.69) is 11.4 Å². The van der Waals surface area contributed by atoms with Gasteiger partial charge < -0.3 is 10.2 Å². The van der Waals surface area contributed by atoms with Crippen molar-refractivity contribution in [3.63, 3.8) is 0 Å². The first kappa shape index (κ1) is 23.8. The number of halogens is 1. The number of nitriles is 1. The molecule has 0 unspecified atom stereocenters. The van der Waals surface area contributed by atoms with Crippen LogP contribution in [0.3, 0.4) is 0 Å². The number of nitrogens with one attached hydrogen (secondary N) is 1. The van der Waals surface area contributed by atoms with Crippen LogP contribution < -0.4 is 5.32 Å². The molecule has 9 heteroatoms. The second-order valence-electron chi connectivity index (χ2n) is 9.79. The van der Waals surface area contributed by atoms with Gasteiger partial charge in [-0.1, -0.05) is 60.5 Å². The highest BCUT2D eigenvalue weighted by Gasteiger charge is 2.55. The summed E-state index contributed by atoms with van der Waals surface area (Å²) in [4.78, 5) is 28.8. The maximum absolute atomic E-state index is 14.1. The van der Waals surface area contributed by atoms with Gasteiger partial charge in [0.05, 0.1) is 26.7 Å². The fraction of sp³-hybridized carbons (Fsp3) is 0.423. The fourth-order valence-electron chi connectivity index (χ4n) is 5.25. The molecule has 0 bridgehead atoms. The first-order chi connectivity index (χ1) is 16.7. The van der Waals surface area contributed by atoms with E-state index >= 15 is 0 Å². The van der Waals surface area contributed by atoms with Crippen LogP contribution in [-0.4, -0.2) is 48.5 Å². The molecule has 3 aliphatic rings. The van der Waals surface area contributed by atoms with Crippen molar-refractivity contribution in [3.05, 3.63) is 65.2 Å². The van der Waals surface area contributed by atoms with E-state index in [-0.39, 0.29) is 28.8 Å². The molecule has 2 saturated carbocycles. The Kier molecular flexibility index (Phi) is 5.89. The number of carbonyl (C=O) groups excluding carboxylic acids is 2. The number of hydrogen-bond donors (Lipinski definition) is 1. The van der Waals surface area contributed by atoms with E-state index in [1.807, 2.05) is 30.3 Å². The van der Waals surface area contributed by atoms with E-state index in [1.165, 1.54) is 17.0 Å². The lowest BCUT2D eigenvalue weighted by Crippen LogP contribution is -2.56. The van der Waals surface area contributed by atoms with Gasteiger partial charge in [-0.2, -0.15) is 5.26 Å². The van der Waals surface area contributed by atoms with Crippen LogP contribution in [0.5, 0.6) is 0 Å². The van der Waals surface area contributed by atoms with Crippen LogP contribution in [0.2, 0.25) is 5.02 Å². The average Bonchev–Trinajstić information content (AvgIpc) is 3.44. The van der Waals surface area contributed by atoms with Gasteiger partial charge in [-0.05, 0) is 49.8 Å². The molecule has 2 aliphatic carbocycles. The Labute approximate surface area is 210 Å². The summed E-state index contributed by atoms with van der Waals surface area (Å²) in [5.74, 6) is -0.703. The second-order valence-corrected chi connectivity index (χ2v) is 12.4. The van der Waals surface area contributed by atoms with Gasteiger partial charge in [0.25, 0.3) is 0 Å².